The minimum atomic E-state index is -0.378. The van der Waals surface area contributed by atoms with Gasteiger partial charge >= 0.3 is 0 Å². The molecule has 6 nitrogen and oxygen atoms in total. The summed E-state index contributed by atoms with van der Waals surface area (Å²) in [4.78, 5) is 35.6. The van der Waals surface area contributed by atoms with E-state index in [1.807, 2.05) is 0 Å². The maximum absolute atomic E-state index is 12.8. The molecule has 0 bridgehead atoms. The second kappa shape index (κ2) is 10.5. The predicted octanol–water partition coefficient (Wildman–Crippen LogP) is 3.73. The highest BCUT2D eigenvalue weighted by molar-refractivity contribution is 8.00. The number of amides is 3. The van der Waals surface area contributed by atoms with Gasteiger partial charge in [0.1, 0.15) is 5.82 Å². The number of benzene rings is 2. The zero-order valence-corrected chi connectivity index (χ0v) is 16.4. The number of halogens is 1. The van der Waals surface area contributed by atoms with Gasteiger partial charge in [-0.1, -0.05) is 19.9 Å². The fourth-order valence-electron chi connectivity index (χ4n) is 2.13. The van der Waals surface area contributed by atoms with Crippen LogP contribution in [0.3, 0.4) is 0 Å². The Kier molecular flexibility index (Phi) is 8.01. The molecule has 2 rings (SSSR count). The molecule has 0 aliphatic rings. The maximum Gasteiger partial charge on any atom is 0.234 e. The van der Waals surface area contributed by atoms with Crippen molar-refractivity contribution >= 4 is 46.5 Å². The van der Waals surface area contributed by atoms with E-state index >= 15 is 0 Å². The highest BCUT2D eigenvalue weighted by atomic mass is 32.2. The minimum Gasteiger partial charge on any atom is -0.326 e. The Balaban J connectivity index is 1.75. The van der Waals surface area contributed by atoms with Crippen LogP contribution in [0.2, 0.25) is 0 Å². The summed E-state index contributed by atoms with van der Waals surface area (Å²) in [5.74, 6) is -0.970. The normalized spacial score (nSPS) is 10.4. The van der Waals surface area contributed by atoms with Crippen molar-refractivity contribution in [3.63, 3.8) is 0 Å². The first-order chi connectivity index (χ1) is 13.3. The largest absolute Gasteiger partial charge is 0.326 e. The van der Waals surface area contributed by atoms with Crippen LogP contribution in [0.5, 0.6) is 0 Å². The predicted molar refractivity (Wildman–Crippen MR) is 111 cm³/mol. The van der Waals surface area contributed by atoms with Crippen LogP contribution < -0.4 is 16.0 Å². The summed E-state index contributed by atoms with van der Waals surface area (Å²) in [7, 11) is 0. The van der Waals surface area contributed by atoms with Gasteiger partial charge in [0.05, 0.1) is 11.5 Å². The minimum absolute atomic E-state index is 0.0925. The molecular formula is C20H22FN3O3S. The lowest BCUT2D eigenvalue weighted by atomic mass is 10.2. The summed E-state index contributed by atoms with van der Waals surface area (Å²) in [5.41, 5.74) is 1.66. The summed E-state index contributed by atoms with van der Waals surface area (Å²) in [6.45, 7) is 3.59. The lowest BCUT2D eigenvalue weighted by Crippen LogP contribution is -2.19. The van der Waals surface area contributed by atoms with E-state index in [2.05, 4.69) is 16.0 Å². The second-order valence-electron chi connectivity index (χ2n) is 6.32. The van der Waals surface area contributed by atoms with Gasteiger partial charge in [-0.15, -0.1) is 11.8 Å². The van der Waals surface area contributed by atoms with Crippen LogP contribution in [0, 0.1) is 11.7 Å². The van der Waals surface area contributed by atoms with Crippen molar-refractivity contribution in [2.24, 2.45) is 5.92 Å². The Labute approximate surface area is 167 Å². The molecule has 0 fully saturated rings. The van der Waals surface area contributed by atoms with Crippen LogP contribution in [0.1, 0.15) is 13.8 Å². The SMILES string of the molecule is CC(C)C(=O)Nc1cccc(NC(=O)CSCC(=O)Nc2ccc(F)cc2)c1. The Morgan fingerprint density at radius 3 is 1.96 bits per heavy atom. The Morgan fingerprint density at radius 1 is 0.857 bits per heavy atom. The van der Waals surface area contributed by atoms with Gasteiger partial charge in [-0.3, -0.25) is 14.4 Å². The number of hydrogen-bond acceptors (Lipinski definition) is 4. The van der Waals surface area contributed by atoms with E-state index in [-0.39, 0.29) is 41.0 Å². The summed E-state index contributed by atoms with van der Waals surface area (Å²) < 4.78 is 12.8. The monoisotopic (exact) mass is 403 g/mol. The lowest BCUT2D eigenvalue weighted by Gasteiger charge is -2.10. The van der Waals surface area contributed by atoms with E-state index < -0.39 is 0 Å². The Hall–Kier alpha value is -2.87. The van der Waals surface area contributed by atoms with Crippen molar-refractivity contribution in [3.05, 3.63) is 54.3 Å². The van der Waals surface area contributed by atoms with E-state index in [0.717, 1.165) is 11.8 Å². The molecule has 0 saturated carbocycles. The summed E-state index contributed by atoms with van der Waals surface area (Å²) in [6.07, 6.45) is 0. The Morgan fingerprint density at radius 2 is 1.39 bits per heavy atom. The zero-order valence-electron chi connectivity index (χ0n) is 15.6. The van der Waals surface area contributed by atoms with Crippen LogP contribution in [-0.4, -0.2) is 29.2 Å². The molecule has 0 aliphatic heterocycles. The summed E-state index contributed by atoms with van der Waals surface area (Å²) in [5, 5.41) is 8.13. The first kappa shape index (κ1) is 21.4. The van der Waals surface area contributed by atoms with E-state index in [4.69, 9.17) is 0 Å². The standard InChI is InChI=1S/C20H22FN3O3S/c1-13(2)20(27)24-17-5-3-4-16(10-17)23-19(26)12-28-11-18(25)22-15-8-6-14(21)7-9-15/h3-10,13H,11-12H2,1-2H3,(H,22,25)(H,23,26)(H,24,27). The quantitative estimate of drug-likeness (QED) is 0.627. The molecule has 3 amide bonds. The highest BCUT2D eigenvalue weighted by Gasteiger charge is 2.09. The third-order valence-corrected chi connectivity index (χ3v) is 4.47. The van der Waals surface area contributed by atoms with Crippen molar-refractivity contribution in [1.29, 1.82) is 0 Å². The molecule has 0 spiro atoms. The molecule has 0 saturated heterocycles. The van der Waals surface area contributed by atoms with Gasteiger partial charge < -0.3 is 16.0 Å². The van der Waals surface area contributed by atoms with Crippen molar-refractivity contribution in [2.45, 2.75) is 13.8 Å². The molecule has 28 heavy (non-hydrogen) atoms. The van der Waals surface area contributed by atoms with Crippen LogP contribution in [0.15, 0.2) is 48.5 Å². The fourth-order valence-corrected chi connectivity index (χ4v) is 2.74. The van der Waals surface area contributed by atoms with Gasteiger partial charge in [0.15, 0.2) is 0 Å². The van der Waals surface area contributed by atoms with E-state index in [9.17, 15) is 18.8 Å². The van der Waals surface area contributed by atoms with Gasteiger partial charge in [-0.05, 0) is 42.5 Å². The van der Waals surface area contributed by atoms with Crippen LogP contribution in [-0.2, 0) is 14.4 Å². The van der Waals surface area contributed by atoms with Crippen LogP contribution in [0.25, 0.3) is 0 Å². The molecule has 2 aromatic rings. The smallest absolute Gasteiger partial charge is 0.234 e. The molecule has 148 valence electrons. The van der Waals surface area contributed by atoms with Gasteiger partial charge in [0, 0.05) is 23.0 Å². The number of rotatable bonds is 8. The topological polar surface area (TPSA) is 87.3 Å². The molecule has 0 unspecified atom stereocenters. The van der Waals surface area contributed by atoms with E-state index in [1.54, 1.807) is 38.1 Å². The molecule has 0 heterocycles. The number of anilines is 3. The average Bonchev–Trinajstić information content (AvgIpc) is 2.63. The van der Waals surface area contributed by atoms with Crippen LogP contribution in [0.4, 0.5) is 21.5 Å². The molecule has 0 radical (unpaired) electrons. The van der Waals surface area contributed by atoms with Gasteiger partial charge in [0.25, 0.3) is 0 Å². The number of carbonyl (C=O) groups is 3. The maximum atomic E-state index is 12.8. The van der Waals surface area contributed by atoms with E-state index in [1.165, 1.54) is 24.3 Å². The van der Waals surface area contributed by atoms with Crippen LogP contribution >= 0.6 is 11.8 Å². The molecule has 2 aromatic carbocycles. The number of nitrogens with one attached hydrogen (secondary N) is 3. The number of hydrogen-bond donors (Lipinski definition) is 3. The van der Waals surface area contributed by atoms with Crippen molar-refractivity contribution in [2.75, 3.05) is 27.5 Å². The third kappa shape index (κ3) is 7.40. The second-order valence-corrected chi connectivity index (χ2v) is 7.31. The first-order valence-corrected chi connectivity index (χ1v) is 9.83. The molecule has 0 aromatic heterocycles. The van der Waals surface area contributed by atoms with Gasteiger partial charge in [-0.25, -0.2) is 4.39 Å². The average molecular weight is 403 g/mol. The lowest BCUT2D eigenvalue weighted by molar-refractivity contribution is -0.119. The molecule has 8 heteroatoms. The summed E-state index contributed by atoms with van der Waals surface area (Å²) >= 11 is 1.16. The fraction of sp³-hybridized carbons (Fsp3) is 0.250. The molecular weight excluding hydrogens is 381 g/mol. The third-order valence-electron chi connectivity index (χ3n) is 3.53. The van der Waals surface area contributed by atoms with Gasteiger partial charge in [-0.2, -0.15) is 0 Å². The molecule has 0 aliphatic carbocycles. The number of carbonyl (C=O) groups excluding carboxylic acids is 3. The zero-order chi connectivity index (χ0) is 20.5. The first-order valence-electron chi connectivity index (χ1n) is 8.67. The Bertz CT molecular complexity index is 841. The summed E-state index contributed by atoms with van der Waals surface area (Å²) in [6, 6.07) is 12.3. The van der Waals surface area contributed by atoms with Crippen molar-refractivity contribution in [1.82, 2.24) is 0 Å². The van der Waals surface area contributed by atoms with Crippen molar-refractivity contribution < 1.29 is 18.8 Å². The molecule has 0 atom stereocenters. The van der Waals surface area contributed by atoms with E-state index in [0.29, 0.717) is 17.1 Å². The highest BCUT2D eigenvalue weighted by Crippen LogP contribution is 2.16. The van der Waals surface area contributed by atoms with Crippen molar-refractivity contribution in [3.8, 4) is 0 Å². The number of thioether (sulfide) groups is 1. The molecule has 3 N–H and O–H groups in total. The van der Waals surface area contributed by atoms with Gasteiger partial charge in [0.2, 0.25) is 17.7 Å².